The summed E-state index contributed by atoms with van der Waals surface area (Å²) in [5.74, 6) is -0.758. The van der Waals surface area contributed by atoms with Crippen molar-refractivity contribution < 1.29 is 4.42 Å². The first kappa shape index (κ1) is 16.6. The minimum Gasteiger partial charge on any atom is -0.372 e. The first-order valence-corrected chi connectivity index (χ1v) is 7.86. The average molecular weight is 338 g/mol. The van der Waals surface area contributed by atoms with Gasteiger partial charge in [0.2, 0.25) is 0 Å². The van der Waals surface area contributed by atoms with Crippen LogP contribution in [0.25, 0.3) is 10.9 Å². The molecule has 0 saturated heterocycles. The molecular formula is C18H18N4O3. The standard InChI is InChI=1S/C18H18N4O3/c1-12(14-6-4-3-5-7-14)20-21-22(2)11-13-8-9-16-15(10-13)17(23)25-18(24)19-16/h3-10,12H,11H2,1-2H3,(H,19,24). The Morgan fingerprint density at radius 1 is 1.16 bits per heavy atom. The molecule has 25 heavy (non-hydrogen) atoms. The summed E-state index contributed by atoms with van der Waals surface area (Å²) >= 11 is 0. The van der Waals surface area contributed by atoms with Crippen molar-refractivity contribution in [3.05, 3.63) is 80.6 Å². The van der Waals surface area contributed by atoms with E-state index in [1.54, 1.807) is 24.2 Å². The molecule has 0 fully saturated rings. The second-order valence-corrected chi connectivity index (χ2v) is 5.79. The molecule has 0 aliphatic heterocycles. The Morgan fingerprint density at radius 2 is 1.92 bits per heavy atom. The Labute approximate surface area is 143 Å². The van der Waals surface area contributed by atoms with Crippen LogP contribution in [0, 0.1) is 0 Å². The second-order valence-electron chi connectivity index (χ2n) is 5.79. The van der Waals surface area contributed by atoms with E-state index in [1.807, 2.05) is 43.3 Å². The van der Waals surface area contributed by atoms with Gasteiger partial charge in [0.05, 0.1) is 23.5 Å². The molecule has 7 nitrogen and oxygen atoms in total. The molecule has 0 saturated carbocycles. The summed E-state index contributed by atoms with van der Waals surface area (Å²) in [7, 11) is 1.81. The van der Waals surface area contributed by atoms with Gasteiger partial charge in [-0.25, -0.2) is 9.59 Å². The van der Waals surface area contributed by atoms with Crippen molar-refractivity contribution in [3.63, 3.8) is 0 Å². The number of hydrogen-bond donors (Lipinski definition) is 1. The minimum atomic E-state index is -0.758. The van der Waals surface area contributed by atoms with Crippen LogP contribution in [0.5, 0.6) is 0 Å². The molecule has 1 heterocycles. The fourth-order valence-electron chi connectivity index (χ4n) is 2.50. The maximum atomic E-state index is 11.8. The molecule has 3 rings (SSSR count). The lowest BCUT2D eigenvalue weighted by molar-refractivity contribution is 0.312. The number of nitrogens with zero attached hydrogens (tertiary/aromatic N) is 3. The molecule has 1 unspecified atom stereocenters. The summed E-state index contributed by atoms with van der Waals surface area (Å²) in [6.07, 6.45) is 0. The molecule has 0 amide bonds. The highest BCUT2D eigenvalue weighted by Crippen LogP contribution is 2.17. The fourth-order valence-corrected chi connectivity index (χ4v) is 2.50. The Hall–Kier alpha value is -3.22. The predicted octanol–water partition coefficient (Wildman–Crippen LogP) is 3.04. The normalized spacial score (nSPS) is 12.6. The Kier molecular flexibility index (Phi) is 4.74. The van der Waals surface area contributed by atoms with Crippen molar-refractivity contribution in [2.24, 2.45) is 10.3 Å². The van der Waals surface area contributed by atoms with Crippen LogP contribution >= 0.6 is 0 Å². The van der Waals surface area contributed by atoms with Gasteiger partial charge in [-0.3, -0.25) is 9.99 Å². The van der Waals surface area contributed by atoms with E-state index in [9.17, 15) is 9.59 Å². The first-order chi connectivity index (χ1) is 12.0. The number of aromatic amines is 1. The summed E-state index contributed by atoms with van der Waals surface area (Å²) in [6.45, 7) is 2.45. The third-order valence-corrected chi connectivity index (χ3v) is 3.80. The molecule has 2 aromatic carbocycles. The van der Waals surface area contributed by atoms with Gasteiger partial charge in [0.25, 0.3) is 0 Å². The van der Waals surface area contributed by atoms with E-state index in [0.717, 1.165) is 11.1 Å². The van der Waals surface area contributed by atoms with E-state index in [1.165, 1.54) is 0 Å². The fraction of sp³-hybridized carbons (Fsp3) is 0.222. The summed E-state index contributed by atoms with van der Waals surface area (Å²) in [6, 6.07) is 15.1. The predicted molar refractivity (Wildman–Crippen MR) is 94.3 cm³/mol. The third kappa shape index (κ3) is 4.00. The number of H-pyrrole nitrogens is 1. The number of hydrogen-bond acceptors (Lipinski definition) is 5. The van der Waals surface area contributed by atoms with Gasteiger partial charge in [-0.05, 0) is 30.2 Å². The van der Waals surface area contributed by atoms with E-state index in [4.69, 9.17) is 0 Å². The van der Waals surface area contributed by atoms with Gasteiger partial charge in [-0.15, -0.1) is 0 Å². The topological polar surface area (TPSA) is 91.0 Å². The molecular weight excluding hydrogens is 320 g/mol. The van der Waals surface area contributed by atoms with Gasteiger partial charge in [-0.2, -0.15) is 5.11 Å². The van der Waals surface area contributed by atoms with E-state index < -0.39 is 11.4 Å². The third-order valence-electron chi connectivity index (χ3n) is 3.80. The SMILES string of the molecule is CC(N=NN(C)Cc1ccc2[nH]c(=O)oc(=O)c2c1)c1ccccc1. The van der Waals surface area contributed by atoms with Crippen molar-refractivity contribution in [1.82, 2.24) is 9.99 Å². The molecule has 0 bridgehead atoms. The highest BCUT2D eigenvalue weighted by molar-refractivity contribution is 5.77. The molecule has 7 heteroatoms. The lowest BCUT2D eigenvalue weighted by Crippen LogP contribution is -2.15. The largest absolute Gasteiger partial charge is 0.419 e. The molecule has 1 N–H and O–H groups in total. The van der Waals surface area contributed by atoms with E-state index >= 15 is 0 Å². The van der Waals surface area contributed by atoms with Crippen LogP contribution < -0.4 is 11.4 Å². The van der Waals surface area contributed by atoms with Gasteiger partial charge < -0.3 is 4.42 Å². The van der Waals surface area contributed by atoms with Crippen LogP contribution in [0.2, 0.25) is 0 Å². The van der Waals surface area contributed by atoms with Crippen LogP contribution in [0.3, 0.4) is 0 Å². The van der Waals surface area contributed by atoms with Crippen molar-refractivity contribution in [2.45, 2.75) is 19.5 Å². The minimum absolute atomic E-state index is 0.0441. The Bertz CT molecular complexity index is 1010. The van der Waals surface area contributed by atoms with Crippen molar-refractivity contribution >= 4 is 10.9 Å². The van der Waals surface area contributed by atoms with Gasteiger partial charge in [0, 0.05) is 7.05 Å². The van der Waals surface area contributed by atoms with Gasteiger partial charge in [-0.1, -0.05) is 41.6 Å². The molecule has 1 atom stereocenters. The lowest BCUT2D eigenvalue weighted by Gasteiger charge is -2.13. The zero-order valence-electron chi connectivity index (χ0n) is 14.0. The van der Waals surface area contributed by atoms with Crippen LogP contribution in [0.4, 0.5) is 0 Å². The Balaban J connectivity index is 1.73. The molecule has 0 spiro atoms. The van der Waals surface area contributed by atoms with Gasteiger partial charge in [0.15, 0.2) is 0 Å². The van der Waals surface area contributed by atoms with Crippen molar-refractivity contribution in [3.8, 4) is 0 Å². The smallest absolute Gasteiger partial charge is 0.372 e. The van der Waals surface area contributed by atoms with Gasteiger partial charge >= 0.3 is 11.4 Å². The molecule has 3 aromatic rings. The maximum Gasteiger partial charge on any atom is 0.419 e. The zero-order chi connectivity index (χ0) is 17.8. The van der Waals surface area contributed by atoms with Crippen LogP contribution in [-0.4, -0.2) is 17.0 Å². The summed E-state index contributed by atoms with van der Waals surface area (Å²) in [5, 5.41) is 10.5. The van der Waals surface area contributed by atoms with E-state index in [0.29, 0.717) is 17.4 Å². The average Bonchev–Trinajstić information content (AvgIpc) is 2.61. The first-order valence-electron chi connectivity index (χ1n) is 7.86. The number of rotatable bonds is 5. The highest BCUT2D eigenvalue weighted by atomic mass is 16.4. The monoisotopic (exact) mass is 338 g/mol. The molecule has 1 aromatic heterocycles. The maximum absolute atomic E-state index is 11.8. The molecule has 0 aliphatic rings. The zero-order valence-corrected chi connectivity index (χ0v) is 14.0. The highest BCUT2D eigenvalue weighted by Gasteiger charge is 2.06. The quantitative estimate of drug-likeness (QED) is 0.572. The molecule has 128 valence electrons. The number of nitrogens with one attached hydrogen (secondary N) is 1. The van der Waals surface area contributed by atoms with Crippen LogP contribution in [0.15, 0.2) is 72.9 Å². The van der Waals surface area contributed by atoms with E-state index in [-0.39, 0.29) is 6.04 Å². The number of aromatic nitrogens is 1. The van der Waals surface area contributed by atoms with Crippen molar-refractivity contribution in [2.75, 3.05) is 7.05 Å². The Morgan fingerprint density at radius 3 is 2.68 bits per heavy atom. The van der Waals surface area contributed by atoms with Crippen LogP contribution in [-0.2, 0) is 6.54 Å². The summed E-state index contributed by atoms with van der Waals surface area (Å²) < 4.78 is 4.56. The van der Waals surface area contributed by atoms with E-state index in [2.05, 4.69) is 19.7 Å². The number of fused-ring (bicyclic) bond motifs is 1. The summed E-state index contributed by atoms with van der Waals surface area (Å²) in [4.78, 5) is 25.4. The van der Waals surface area contributed by atoms with Gasteiger partial charge in [0.1, 0.15) is 0 Å². The molecule has 0 radical (unpaired) electrons. The van der Waals surface area contributed by atoms with Crippen LogP contribution in [0.1, 0.15) is 24.1 Å². The second kappa shape index (κ2) is 7.12. The molecule has 0 aliphatic carbocycles. The lowest BCUT2D eigenvalue weighted by atomic mass is 10.1. The summed E-state index contributed by atoms with van der Waals surface area (Å²) in [5.41, 5.74) is 1.75. The number of benzene rings is 2. The van der Waals surface area contributed by atoms with Crippen molar-refractivity contribution in [1.29, 1.82) is 0 Å².